The maximum Gasteiger partial charge on any atom is 0.264 e. The molecule has 9 nitrogen and oxygen atoms in total. The quantitative estimate of drug-likeness (QED) is 0.378. The first-order chi connectivity index (χ1) is 18.2. The number of carbonyl (C=O) groups excluding carboxylic acids is 2. The third-order valence-electron chi connectivity index (χ3n) is 5.99. The Labute approximate surface area is 224 Å². The van der Waals surface area contributed by atoms with Crippen LogP contribution in [0, 0.1) is 0 Å². The molecule has 0 aliphatic carbocycles. The summed E-state index contributed by atoms with van der Waals surface area (Å²) >= 11 is 0. The van der Waals surface area contributed by atoms with Gasteiger partial charge in [0.15, 0.2) is 0 Å². The van der Waals surface area contributed by atoms with Crippen molar-refractivity contribution < 1.29 is 27.5 Å². The second-order valence-corrected chi connectivity index (χ2v) is 10.3. The first-order valence-corrected chi connectivity index (χ1v) is 13.6. The van der Waals surface area contributed by atoms with Crippen LogP contribution in [0.5, 0.6) is 11.5 Å². The lowest BCUT2D eigenvalue weighted by Crippen LogP contribution is -2.51. The van der Waals surface area contributed by atoms with Gasteiger partial charge < -0.3 is 19.7 Å². The summed E-state index contributed by atoms with van der Waals surface area (Å²) in [6, 6.07) is 20.8. The van der Waals surface area contributed by atoms with Crippen LogP contribution in [0.3, 0.4) is 0 Å². The minimum Gasteiger partial charge on any atom is -0.497 e. The van der Waals surface area contributed by atoms with Crippen molar-refractivity contribution in [2.45, 2.75) is 31.3 Å². The number of likely N-dealkylation sites (N-methyl/N-ethyl adjacent to an activating group) is 1. The highest BCUT2D eigenvalue weighted by molar-refractivity contribution is 7.92. The van der Waals surface area contributed by atoms with Gasteiger partial charge in [0, 0.05) is 13.1 Å². The number of nitrogens with one attached hydrogen (secondary N) is 1. The lowest BCUT2D eigenvalue weighted by atomic mass is 10.1. The van der Waals surface area contributed by atoms with Crippen molar-refractivity contribution in [3.63, 3.8) is 0 Å². The van der Waals surface area contributed by atoms with E-state index in [4.69, 9.17) is 9.47 Å². The zero-order chi connectivity index (χ0) is 27.7. The summed E-state index contributed by atoms with van der Waals surface area (Å²) in [7, 11) is -1.30. The van der Waals surface area contributed by atoms with E-state index in [1.165, 1.54) is 43.4 Å². The largest absolute Gasteiger partial charge is 0.497 e. The molecule has 0 fully saturated rings. The standard InChI is InChI=1S/C28H33N3O6S/c1-5-29-28(33)21(2)30(19-22-11-7-6-8-12-22)27(32)20-31(25-13-9-10-14-26(25)37-4)38(34,35)24-17-15-23(36-3)16-18-24/h6-18,21H,5,19-20H2,1-4H3,(H,29,33)/t21-/m1/s1. The summed E-state index contributed by atoms with van der Waals surface area (Å²) in [5.74, 6) is -0.105. The fourth-order valence-electron chi connectivity index (χ4n) is 3.91. The van der Waals surface area contributed by atoms with Crippen LogP contribution in [0.25, 0.3) is 0 Å². The molecule has 10 heteroatoms. The zero-order valence-corrected chi connectivity index (χ0v) is 22.8. The fraction of sp³-hybridized carbons (Fsp3) is 0.286. The topological polar surface area (TPSA) is 105 Å². The Morgan fingerprint density at radius 3 is 2.13 bits per heavy atom. The predicted molar refractivity (Wildman–Crippen MR) is 146 cm³/mol. The molecule has 38 heavy (non-hydrogen) atoms. The lowest BCUT2D eigenvalue weighted by molar-refractivity contribution is -0.139. The highest BCUT2D eigenvalue weighted by Gasteiger charge is 2.33. The number of benzene rings is 3. The second-order valence-electron chi connectivity index (χ2n) is 8.44. The molecule has 1 N–H and O–H groups in total. The average molecular weight is 540 g/mol. The number of para-hydroxylation sites is 2. The lowest BCUT2D eigenvalue weighted by Gasteiger charge is -2.32. The van der Waals surface area contributed by atoms with Gasteiger partial charge in [-0.15, -0.1) is 0 Å². The van der Waals surface area contributed by atoms with Gasteiger partial charge >= 0.3 is 0 Å². The van der Waals surface area contributed by atoms with Gasteiger partial charge in [-0.2, -0.15) is 0 Å². The molecule has 0 unspecified atom stereocenters. The first kappa shape index (κ1) is 28.5. The number of hydrogen-bond acceptors (Lipinski definition) is 6. The number of carbonyl (C=O) groups is 2. The van der Waals surface area contributed by atoms with Crippen molar-refractivity contribution in [2.24, 2.45) is 0 Å². The van der Waals surface area contributed by atoms with E-state index in [1.807, 2.05) is 30.3 Å². The Hall–Kier alpha value is -4.05. The smallest absolute Gasteiger partial charge is 0.264 e. The monoisotopic (exact) mass is 539 g/mol. The van der Waals surface area contributed by atoms with E-state index in [0.717, 1.165) is 9.87 Å². The average Bonchev–Trinajstić information content (AvgIpc) is 2.94. The van der Waals surface area contributed by atoms with Crippen LogP contribution in [-0.2, 0) is 26.2 Å². The Kier molecular flexibility index (Phi) is 9.72. The molecular formula is C28H33N3O6S. The minimum absolute atomic E-state index is 0.0246. The Bertz CT molecular complexity index is 1330. The van der Waals surface area contributed by atoms with E-state index in [-0.39, 0.29) is 28.8 Å². The second kappa shape index (κ2) is 13.0. The van der Waals surface area contributed by atoms with Crippen molar-refractivity contribution in [2.75, 3.05) is 31.6 Å². The Morgan fingerprint density at radius 2 is 1.53 bits per heavy atom. The number of anilines is 1. The van der Waals surface area contributed by atoms with E-state index in [9.17, 15) is 18.0 Å². The molecule has 2 amide bonds. The van der Waals surface area contributed by atoms with Gasteiger partial charge in [0.05, 0.1) is 24.8 Å². The predicted octanol–water partition coefficient (Wildman–Crippen LogP) is 3.45. The molecule has 0 spiro atoms. The van der Waals surface area contributed by atoms with Crippen molar-refractivity contribution >= 4 is 27.5 Å². The number of sulfonamides is 1. The summed E-state index contributed by atoms with van der Waals surface area (Å²) in [4.78, 5) is 27.9. The molecule has 0 aliphatic rings. The number of hydrogen-bond donors (Lipinski definition) is 1. The van der Waals surface area contributed by atoms with E-state index in [2.05, 4.69) is 5.32 Å². The number of ether oxygens (including phenoxy) is 2. The molecule has 3 rings (SSSR count). The number of rotatable bonds is 12. The third kappa shape index (κ3) is 6.63. The highest BCUT2D eigenvalue weighted by Crippen LogP contribution is 2.33. The van der Waals surface area contributed by atoms with Crippen molar-refractivity contribution in [1.29, 1.82) is 0 Å². The summed E-state index contributed by atoms with van der Waals surface area (Å²) in [6.45, 7) is 3.39. The first-order valence-electron chi connectivity index (χ1n) is 12.1. The molecule has 3 aromatic rings. The van der Waals surface area contributed by atoms with Gasteiger partial charge in [-0.05, 0) is 55.8 Å². The van der Waals surface area contributed by atoms with Crippen LogP contribution in [0.15, 0.2) is 83.8 Å². The Morgan fingerprint density at radius 1 is 0.895 bits per heavy atom. The zero-order valence-electron chi connectivity index (χ0n) is 22.0. The maximum atomic E-state index is 13.9. The van der Waals surface area contributed by atoms with E-state index < -0.39 is 28.5 Å². The van der Waals surface area contributed by atoms with Crippen LogP contribution in [0.4, 0.5) is 5.69 Å². The summed E-state index contributed by atoms with van der Waals surface area (Å²) < 4.78 is 39.4. The van der Waals surface area contributed by atoms with Gasteiger partial charge in [-0.3, -0.25) is 13.9 Å². The molecule has 0 aromatic heterocycles. The molecule has 0 radical (unpaired) electrons. The molecule has 202 valence electrons. The Balaban J connectivity index is 2.06. The van der Waals surface area contributed by atoms with Gasteiger partial charge in [0.1, 0.15) is 24.1 Å². The molecule has 0 saturated carbocycles. The third-order valence-corrected chi connectivity index (χ3v) is 7.77. The number of nitrogens with zero attached hydrogens (tertiary/aromatic N) is 2. The summed E-state index contributed by atoms with van der Waals surface area (Å²) in [5.41, 5.74) is 1.00. The van der Waals surface area contributed by atoms with Crippen molar-refractivity contribution in [3.8, 4) is 11.5 Å². The molecule has 0 aliphatic heterocycles. The van der Waals surface area contributed by atoms with Gasteiger partial charge in [-0.25, -0.2) is 8.42 Å². The van der Waals surface area contributed by atoms with Gasteiger partial charge in [-0.1, -0.05) is 42.5 Å². The van der Waals surface area contributed by atoms with Gasteiger partial charge in [0.25, 0.3) is 10.0 Å². The van der Waals surface area contributed by atoms with Crippen LogP contribution in [-0.4, -0.2) is 58.5 Å². The molecule has 0 heterocycles. The minimum atomic E-state index is -4.22. The van der Waals surface area contributed by atoms with Crippen LogP contribution < -0.4 is 19.1 Å². The van der Waals surface area contributed by atoms with Crippen LogP contribution in [0.2, 0.25) is 0 Å². The SMILES string of the molecule is CCNC(=O)[C@@H](C)N(Cc1ccccc1)C(=O)CN(c1ccccc1OC)S(=O)(=O)c1ccc(OC)cc1. The normalized spacial score (nSPS) is 11.8. The van der Waals surface area contributed by atoms with Gasteiger partial charge in [0.2, 0.25) is 11.8 Å². The molecule has 1 atom stereocenters. The molecule has 0 saturated heterocycles. The van der Waals surface area contributed by atoms with E-state index in [0.29, 0.717) is 12.3 Å². The number of methoxy groups -OCH3 is 2. The van der Waals surface area contributed by atoms with Crippen molar-refractivity contribution in [3.05, 3.63) is 84.4 Å². The fourth-order valence-corrected chi connectivity index (χ4v) is 5.33. The molecule has 0 bridgehead atoms. The summed E-state index contributed by atoms with van der Waals surface area (Å²) in [6.07, 6.45) is 0. The van der Waals surface area contributed by atoms with Crippen LogP contribution >= 0.6 is 0 Å². The molecular weight excluding hydrogens is 506 g/mol. The maximum absolute atomic E-state index is 13.9. The summed E-state index contributed by atoms with van der Waals surface area (Å²) in [5, 5.41) is 2.74. The highest BCUT2D eigenvalue weighted by atomic mass is 32.2. The number of amides is 2. The van der Waals surface area contributed by atoms with E-state index >= 15 is 0 Å². The molecule has 3 aromatic carbocycles. The van der Waals surface area contributed by atoms with E-state index in [1.54, 1.807) is 38.1 Å². The van der Waals surface area contributed by atoms with Crippen molar-refractivity contribution in [1.82, 2.24) is 10.2 Å². The van der Waals surface area contributed by atoms with Crippen LogP contribution in [0.1, 0.15) is 19.4 Å².